The van der Waals surface area contributed by atoms with Gasteiger partial charge in [-0.25, -0.2) is 4.39 Å². The number of aromatic amines is 1. The van der Waals surface area contributed by atoms with E-state index in [1.165, 1.54) is 6.07 Å². The van der Waals surface area contributed by atoms with Crippen LogP contribution >= 0.6 is 0 Å². The summed E-state index contributed by atoms with van der Waals surface area (Å²) in [5.41, 5.74) is 9.10. The molecule has 0 aliphatic heterocycles. The van der Waals surface area contributed by atoms with Crippen molar-refractivity contribution in [1.82, 2.24) is 10.2 Å². The average molecular weight is 281 g/mol. The van der Waals surface area contributed by atoms with Crippen LogP contribution in [0.5, 0.6) is 0 Å². The summed E-state index contributed by atoms with van der Waals surface area (Å²) in [5.74, 6) is -0.472. The summed E-state index contributed by atoms with van der Waals surface area (Å²) in [6, 6.07) is 18.5. The van der Waals surface area contributed by atoms with E-state index in [1.807, 2.05) is 42.5 Å². The zero-order valence-corrected chi connectivity index (χ0v) is 11.5. The van der Waals surface area contributed by atoms with E-state index in [9.17, 15) is 4.39 Å². The number of hydrogen-bond donors (Lipinski definition) is 2. The lowest BCUT2D eigenvalue weighted by molar-refractivity contribution is 0.594. The van der Waals surface area contributed by atoms with E-state index in [4.69, 9.17) is 5.73 Å². The molecule has 0 amide bonds. The topological polar surface area (TPSA) is 54.7 Å². The molecule has 3 rings (SSSR count). The maximum Gasteiger partial charge on any atom is 0.127 e. The van der Waals surface area contributed by atoms with E-state index in [0.717, 1.165) is 17.0 Å². The van der Waals surface area contributed by atoms with E-state index in [0.29, 0.717) is 12.1 Å². The maximum absolute atomic E-state index is 14.0. The van der Waals surface area contributed by atoms with Crippen molar-refractivity contribution in [3.8, 4) is 11.3 Å². The summed E-state index contributed by atoms with van der Waals surface area (Å²) >= 11 is 0. The van der Waals surface area contributed by atoms with Crippen molar-refractivity contribution >= 4 is 0 Å². The molecule has 1 aromatic heterocycles. The Kier molecular flexibility index (Phi) is 3.79. The third-order valence-corrected chi connectivity index (χ3v) is 3.56. The molecule has 0 spiro atoms. The fourth-order valence-electron chi connectivity index (χ4n) is 2.45. The zero-order chi connectivity index (χ0) is 14.7. The fourth-order valence-corrected chi connectivity index (χ4v) is 2.45. The molecule has 0 saturated carbocycles. The number of H-pyrrole nitrogens is 1. The smallest absolute Gasteiger partial charge is 0.127 e. The number of nitrogens with two attached hydrogens (primary N) is 1. The first-order valence-electron chi connectivity index (χ1n) is 6.85. The van der Waals surface area contributed by atoms with Crippen LogP contribution in [0.2, 0.25) is 0 Å². The van der Waals surface area contributed by atoms with Gasteiger partial charge in [-0.3, -0.25) is 5.10 Å². The normalized spacial score (nSPS) is 12.3. The third-order valence-electron chi connectivity index (χ3n) is 3.56. The second kappa shape index (κ2) is 5.89. The molecule has 0 saturated heterocycles. The van der Waals surface area contributed by atoms with Gasteiger partial charge in [-0.15, -0.1) is 0 Å². The quantitative estimate of drug-likeness (QED) is 0.771. The highest BCUT2D eigenvalue weighted by Gasteiger charge is 2.18. The monoisotopic (exact) mass is 281 g/mol. The molecule has 3 nitrogen and oxygen atoms in total. The minimum absolute atomic E-state index is 0.226. The van der Waals surface area contributed by atoms with Crippen LogP contribution < -0.4 is 5.73 Å². The molecule has 4 heteroatoms. The zero-order valence-electron chi connectivity index (χ0n) is 11.5. The highest BCUT2D eigenvalue weighted by molar-refractivity contribution is 5.59. The number of hydrogen-bond acceptors (Lipinski definition) is 2. The van der Waals surface area contributed by atoms with Gasteiger partial charge >= 0.3 is 0 Å². The van der Waals surface area contributed by atoms with Gasteiger partial charge in [-0.2, -0.15) is 5.10 Å². The van der Waals surface area contributed by atoms with Gasteiger partial charge in [-0.1, -0.05) is 48.5 Å². The molecule has 0 aliphatic rings. The number of aromatic nitrogens is 2. The SMILES string of the molecule is NCC(c1cc(-c2ccccc2)n[nH]1)c1ccccc1F. The molecule has 3 N–H and O–H groups in total. The molecule has 106 valence electrons. The first-order chi connectivity index (χ1) is 10.3. The predicted molar refractivity (Wildman–Crippen MR) is 81.3 cm³/mol. The summed E-state index contributed by atoms with van der Waals surface area (Å²) in [6.45, 7) is 0.317. The lowest BCUT2D eigenvalue weighted by atomic mass is 9.95. The second-order valence-electron chi connectivity index (χ2n) is 4.88. The van der Waals surface area contributed by atoms with Crippen LogP contribution in [-0.4, -0.2) is 16.7 Å². The fraction of sp³-hybridized carbons (Fsp3) is 0.118. The Labute approximate surface area is 122 Å². The molecule has 1 atom stereocenters. The molecule has 1 unspecified atom stereocenters. The number of halogens is 1. The molecular weight excluding hydrogens is 265 g/mol. The Hall–Kier alpha value is -2.46. The first kappa shape index (κ1) is 13.5. The van der Waals surface area contributed by atoms with E-state index in [2.05, 4.69) is 10.2 Å². The van der Waals surface area contributed by atoms with E-state index in [-0.39, 0.29) is 11.7 Å². The molecular formula is C17H16FN3. The Balaban J connectivity index is 1.96. The van der Waals surface area contributed by atoms with Gasteiger partial charge in [0, 0.05) is 23.7 Å². The largest absolute Gasteiger partial charge is 0.329 e. The molecule has 0 bridgehead atoms. The van der Waals surface area contributed by atoms with Crippen LogP contribution in [0.15, 0.2) is 60.7 Å². The summed E-state index contributed by atoms with van der Waals surface area (Å²) in [4.78, 5) is 0. The van der Waals surface area contributed by atoms with Crippen LogP contribution in [0.25, 0.3) is 11.3 Å². The van der Waals surface area contributed by atoms with Crippen molar-refractivity contribution in [2.75, 3.05) is 6.54 Å². The van der Waals surface area contributed by atoms with Crippen molar-refractivity contribution in [3.05, 3.63) is 77.7 Å². The van der Waals surface area contributed by atoms with Crippen LogP contribution in [0.1, 0.15) is 17.2 Å². The number of rotatable bonds is 4. The Bertz CT molecular complexity index is 722. The molecule has 0 radical (unpaired) electrons. The highest BCUT2D eigenvalue weighted by Crippen LogP contribution is 2.27. The summed E-state index contributed by atoms with van der Waals surface area (Å²) in [6.07, 6.45) is 0. The standard InChI is InChI=1S/C17H16FN3/c18-15-9-5-4-8-13(15)14(11-19)17-10-16(20-21-17)12-6-2-1-3-7-12/h1-10,14H,11,19H2,(H,20,21). The predicted octanol–water partition coefficient (Wildman–Crippen LogP) is 3.31. The maximum atomic E-state index is 14.0. The third kappa shape index (κ3) is 2.71. The minimum atomic E-state index is -0.246. The van der Waals surface area contributed by atoms with Gasteiger partial charge in [0.15, 0.2) is 0 Å². The van der Waals surface area contributed by atoms with Crippen molar-refractivity contribution < 1.29 is 4.39 Å². The van der Waals surface area contributed by atoms with E-state index < -0.39 is 0 Å². The Morgan fingerprint density at radius 3 is 2.48 bits per heavy atom. The van der Waals surface area contributed by atoms with Gasteiger partial charge in [0.05, 0.1) is 5.69 Å². The van der Waals surface area contributed by atoms with Gasteiger partial charge in [-0.05, 0) is 17.7 Å². The summed E-state index contributed by atoms with van der Waals surface area (Å²) in [7, 11) is 0. The van der Waals surface area contributed by atoms with Crippen molar-refractivity contribution in [3.63, 3.8) is 0 Å². The number of nitrogens with zero attached hydrogens (tertiary/aromatic N) is 1. The molecule has 0 aliphatic carbocycles. The van der Waals surface area contributed by atoms with Crippen LogP contribution in [0.4, 0.5) is 4.39 Å². The lowest BCUT2D eigenvalue weighted by Gasteiger charge is -2.13. The van der Waals surface area contributed by atoms with Crippen LogP contribution in [0.3, 0.4) is 0 Å². The minimum Gasteiger partial charge on any atom is -0.329 e. The number of nitrogens with one attached hydrogen (secondary N) is 1. The molecule has 0 fully saturated rings. The molecule has 1 heterocycles. The molecule has 21 heavy (non-hydrogen) atoms. The Morgan fingerprint density at radius 1 is 1.05 bits per heavy atom. The number of benzene rings is 2. The lowest BCUT2D eigenvalue weighted by Crippen LogP contribution is -2.15. The summed E-state index contributed by atoms with van der Waals surface area (Å²) in [5, 5.41) is 7.29. The van der Waals surface area contributed by atoms with Gasteiger partial charge in [0.25, 0.3) is 0 Å². The van der Waals surface area contributed by atoms with Crippen molar-refractivity contribution in [2.24, 2.45) is 5.73 Å². The van der Waals surface area contributed by atoms with Crippen molar-refractivity contribution in [2.45, 2.75) is 5.92 Å². The first-order valence-corrected chi connectivity index (χ1v) is 6.85. The highest BCUT2D eigenvalue weighted by atomic mass is 19.1. The van der Waals surface area contributed by atoms with Gasteiger partial charge < -0.3 is 5.73 Å². The van der Waals surface area contributed by atoms with Gasteiger partial charge in [0.2, 0.25) is 0 Å². The summed E-state index contributed by atoms with van der Waals surface area (Å²) < 4.78 is 14.0. The van der Waals surface area contributed by atoms with Crippen molar-refractivity contribution in [1.29, 1.82) is 0 Å². The van der Waals surface area contributed by atoms with Gasteiger partial charge in [0.1, 0.15) is 5.82 Å². The van der Waals surface area contributed by atoms with Crippen LogP contribution in [-0.2, 0) is 0 Å². The van der Waals surface area contributed by atoms with E-state index in [1.54, 1.807) is 12.1 Å². The van der Waals surface area contributed by atoms with E-state index >= 15 is 0 Å². The van der Waals surface area contributed by atoms with Crippen LogP contribution in [0, 0.1) is 5.82 Å². The molecule has 3 aromatic rings. The second-order valence-corrected chi connectivity index (χ2v) is 4.88. The Morgan fingerprint density at radius 2 is 1.76 bits per heavy atom. The molecule has 2 aromatic carbocycles. The average Bonchev–Trinajstić information content (AvgIpc) is 3.00.